The van der Waals surface area contributed by atoms with Crippen LogP contribution in [0.25, 0.3) is 6.08 Å². The Morgan fingerprint density at radius 1 is 1.25 bits per heavy atom. The van der Waals surface area contributed by atoms with Crippen molar-refractivity contribution in [3.63, 3.8) is 0 Å². The van der Waals surface area contributed by atoms with Gasteiger partial charge in [-0.05, 0) is 38.7 Å². The largest absolute Gasteiger partial charge is 0.444 e. The molecule has 1 N–H and O–H groups in total. The van der Waals surface area contributed by atoms with Crippen LogP contribution in [0, 0.1) is 5.92 Å². The third-order valence-electron chi connectivity index (χ3n) is 3.53. The summed E-state index contributed by atoms with van der Waals surface area (Å²) in [7, 11) is 0. The number of aromatic nitrogens is 2. The van der Waals surface area contributed by atoms with Crippen molar-refractivity contribution in [2.24, 2.45) is 5.92 Å². The molecule has 1 heterocycles. The molecule has 7 heteroatoms. The van der Waals surface area contributed by atoms with E-state index >= 15 is 0 Å². The zero-order valence-electron chi connectivity index (χ0n) is 17.1. The number of ether oxygens (including phenoxy) is 1. The highest BCUT2D eigenvalue weighted by Crippen LogP contribution is 2.24. The summed E-state index contributed by atoms with van der Waals surface area (Å²) in [6.45, 7) is 9.63. The van der Waals surface area contributed by atoms with Crippen LogP contribution in [0.4, 0.5) is 4.79 Å². The highest BCUT2D eigenvalue weighted by atomic mass is 32.2. The molecule has 28 heavy (non-hydrogen) atoms. The molecule has 0 saturated carbocycles. The van der Waals surface area contributed by atoms with Crippen LogP contribution in [-0.4, -0.2) is 27.6 Å². The molecule has 0 bridgehead atoms. The molecule has 0 aliphatic rings. The van der Waals surface area contributed by atoms with Gasteiger partial charge < -0.3 is 14.5 Å². The number of carbonyl (C=O) groups is 1. The van der Waals surface area contributed by atoms with Gasteiger partial charge in [0.15, 0.2) is 0 Å². The van der Waals surface area contributed by atoms with E-state index in [0.717, 1.165) is 5.56 Å². The van der Waals surface area contributed by atoms with Gasteiger partial charge in [0.1, 0.15) is 11.6 Å². The lowest BCUT2D eigenvalue weighted by molar-refractivity contribution is 0.0487. The Bertz CT molecular complexity index is 767. The highest BCUT2D eigenvalue weighted by Gasteiger charge is 2.25. The first-order chi connectivity index (χ1) is 13.2. The fourth-order valence-corrected chi connectivity index (χ4v) is 3.01. The standard InChI is InChI=1S/C21H29N3O3S/c1-15(2)14-17(22-19(25)27-21(3,4)5)18-23-24-20(26-18)28-13-9-12-16-10-7-6-8-11-16/h6-12,15,17H,13-14H2,1-5H3,(H,22,25)/b12-9+. The predicted molar refractivity (Wildman–Crippen MR) is 112 cm³/mol. The summed E-state index contributed by atoms with van der Waals surface area (Å²) in [6, 6.07) is 9.71. The van der Waals surface area contributed by atoms with Gasteiger partial charge in [0, 0.05) is 5.75 Å². The van der Waals surface area contributed by atoms with Crippen molar-refractivity contribution >= 4 is 23.9 Å². The molecule has 1 atom stereocenters. The molecule has 1 aromatic carbocycles. The van der Waals surface area contributed by atoms with Crippen LogP contribution in [-0.2, 0) is 4.74 Å². The van der Waals surface area contributed by atoms with Crippen molar-refractivity contribution in [3.8, 4) is 0 Å². The average Bonchev–Trinajstić information content (AvgIpc) is 3.06. The average molecular weight is 404 g/mol. The zero-order valence-corrected chi connectivity index (χ0v) is 18.0. The zero-order chi connectivity index (χ0) is 20.6. The Balaban J connectivity index is 1.94. The van der Waals surface area contributed by atoms with E-state index in [-0.39, 0.29) is 6.04 Å². The molecule has 2 aromatic rings. The lowest BCUT2D eigenvalue weighted by Crippen LogP contribution is -2.35. The van der Waals surface area contributed by atoms with E-state index in [9.17, 15) is 4.79 Å². The fraction of sp³-hybridized carbons (Fsp3) is 0.476. The molecule has 1 aromatic heterocycles. The molecule has 6 nitrogen and oxygen atoms in total. The minimum Gasteiger partial charge on any atom is -0.444 e. The monoisotopic (exact) mass is 403 g/mol. The number of benzene rings is 1. The number of nitrogens with zero attached hydrogens (tertiary/aromatic N) is 2. The van der Waals surface area contributed by atoms with Crippen LogP contribution in [0.15, 0.2) is 46.0 Å². The van der Waals surface area contributed by atoms with Gasteiger partial charge in [0.25, 0.3) is 5.22 Å². The maximum atomic E-state index is 12.1. The van der Waals surface area contributed by atoms with Crippen molar-refractivity contribution in [1.29, 1.82) is 0 Å². The molecule has 2 rings (SSSR count). The van der Waals surface area contributed by atoms with E-state index in [0.29, 0.717) is 29.2 Å². The normalized spacial score (nSPS) is 13.1. The van der Waals surface area contributed by atoms with Gasteiger partial charge in [0.05, 0.1) is 0 Å². The maximum absolute atomic E-state index is 12.1. The molecule has 0 aliphatic carbocycles. The minimum absolute atomic E-state index is 0.344. The Morgan fingerprint density at radius 2 is 1.96 bits per heavy atom. The summed E-state index contributed by atoms with van der Waals surface area (Å²) in [6.07, 6.45) is 4.29. The first-order valence-electron chi connectivity index (χ1n) is 9.40. The molecule has 1 unspecified atom stereocenters. The molecule has 152 valence electrons. The number of alkyl carbamates (subject to hydrolysis) is 1. The summed E-state index contributed by atoms with van der Waals surface area (Å²) in [4.78, 5) is 12.1. The van der Waals surface area contributed by atoms with Crippen molar-refractivity contribution in [1.82, 2.24) is 15.5 Å². The third kappa shape index (κ3) is 8.17. The van der Waals surface area contributed by atoms with Crippen molar-refractivity contribution in [2.75, 3.05) is 5.75 Å². The second kappa shape index (κ2) is 10.3. The molecule has 0 radical (unpaired) electrons. The second-order valence-corrected chi connectivity index (χ2v) is 8.83. The molecule has 1 amide bonds. The van der Waals surface area contributed by atoms with Gasteiger partial charge in [-0.15, -0.1) is 10.2 Å². The number of carbonyl (C=O) groups excluding carboxylic acids is 1. The lowest BCUT2D eigenvalue weighted by atomic mass is 10.0. The summed E-state index contributed by atoms with van der Waals surface area (Å²) in [5, 5.41) is 11.5. The van der Waals surface area contributed by atoms with E-state index < -0.39 is 11.7 Å². The van der Waals surface area contributed by atoms with Crippen LogP contribution < -0.4 is 5.32 Å². The van der Waals surface area contributed by atoms with E-state index in [1.807, 2.05) is 51.1 Å². The van der Waals surface area contributed by atoms with Gasteiger partial charge in [0.2, 0.25) is 5.89 Å². The number of rotatable bonds is 8. The summed E-state index contributed by atoms with van der Waals surface area (Å²) < 4.78 is 11.1. The SMILES string of the molecule is CC(C)CC(NC(=O)OC(C)(C)C)c1nnc(SC/C=C/c2ccccc2)o1. The summed E-state index contributed by atoms with van der Waals surface area (Å²) in [5.41, 5.74) is 0.584. The number of thioether (sulfide) groups is 1. The Kier molecular flexibility index (Phi) is 8.11. The van der Waals surface area contributed by atoms with Gasteiger partial charge in [-0.25, -0.2) is 4.79 Å². The van der Waals surface area contributed by atoms with Crippen molar-refractivity contribution in [3.05, 3.63) is 47.9 Å². The van der Waals surface area contributed by atoms with E-state index in [1.165, 1.54) is 11.8 Å². The molecular weight excluding hydrogens is 374 g/mol. The second-order valence-electron chi connectivity index (χ2n) is 7.86. The Morgan fingerprint density at radius 3 is 2.61 bits per heavy atom. The lowest BCUT2D eigenvalue weighted by Gasteiger charge is -2.22. The van der Waals surface area contributed by atoms with Crippen LogP contribution >= 0.6 is 11.8 Å². The van der Waals surface area contributed by atoms with Crippen LogP contribution in [0.1, 0.15) is 58.5 Å². The van der Waals surface area contributed by atoms with Crippen molar-refractivity contribution < 1.29 is 13.9 Å². The number of nitrogens with one attached hydrogen (secondary N) is 1. The van der Waals surface area contributed by atoms with E-state index in [2.05, 4.69) is 41.5 Å². The highest BCUT2D eigenvalue weighted by molar-refractivity contribution is 7.99. The first-order valence-corrected chi connectivity index (χ1v) is 10.4. The summed E-state index contributed by atoms with van der Waals surface area (Å²) in [5.74, 6) is 1.45. The number of amides is 1. The number of hydrogen-bond donors (Lipinski definition) is 1. The van der Waals surface area contributed by atoms with Gasteiger partial charge in [-0.2, -0.15) is 0 Å². The molecule has 0 saturated heterocycles. The Hall–Kier alpha value is -2.28. The number of hydrogen-bond acceptors (Lipinski definition) is 6. The fourth-order valence-electron chi connectivity index (χ4n) is 2.43. The predicted octanol–water partition coefficient (Wildman–Crippen LogP) is 5.49. The minimum atomic E-state index is -0.562. The Labute approximate surface area is 171 Å². The summed E-state index contributed by atoms with van der Waals surface area (Å²) >= 11 is 1.45. The quantitative estimate of drug-likeness (QED) is 0.588. The van der Waals surface area contributed by atoms with Crippen LogP contribution in [0.5, 0.6) is 0 Å². The van der Waals surface area contributed by atoms with Gasteiger partial charge in [-0.1, -0.05) is 68.1 Å². The first kappa shape index (κ1) is 22.0. The smallest absolute Gasteiger partial charge is 0.408 e. The van der Waals surface area contributed by atoms with Gasteiger partial charge >= 0.3 is 6.09 Å². The van der Waals surface area contributed by atoms with Crippen molar-refractivity contribution in [2.45, 2.75) is 57.9 Å². The topological polar surface area (TPSA) is 77.2 Å². The van der Waals surface area contributed by atoms with Crippen LogP contribution in [0.2, 0.25) is 0 Å². The molecule has 0 fully saturated rings. The maximum Gasteiger partial charge on any atom is 0.408 e. The van der Waals surface area contributed by atoms with E-state index in [1.54, 1.807) is 0 Å². The third-order valence-corrected chi connectivity index (χ3v) is 4.30. The molecule has 0 aliphatic heterocycles. The molecular formula is C21H29N3O3S. The molecule has 0 spiro atoms. The van der Waals surface area contributed by atoms with Gasteiger partial charge in [-0.3, -0.25) is 0 Å². The van der Waals surface area contributed by atoms with Crippen LogP contribution in [0.3, 0.4) is 0 Å². The van der Waals surface area contributed by atoms with E-state index in [4.69, 9.17) is 9.15 Å².